The Morgan fingerprint density at radius 1 is 1.47 bits per heavy atom. The maximum Gasteiger partial charge on any atom is 0.332 e. The number of aryl methyl sites for hydroxylation is 1. The van der Waals surface area contributed by atoms with Gasteiger partial charge in [-0.1, -0.05) is 18.2 Å². The van der Waals surface area contributed by atoms with Gasteiger partial charge in [0.1, 0.15) is 0 Å². The zero-order valence-electron chi connectivity index (χ0n) is 9.30. The van der Waals surface area contributed by atoms with Gasteiger partial charge in [-0.05, 0) is 19.1 Å². The van der Waals surface area contributed by atoms with Gasteiger partial charge < -0.3 is 5.11 Å². The Hall–Kier alpha value is -2.14. The highest BCUT2D eigenvalue weighted by Gasteiger charge is 2.04. The third-order valence-corrected chi connectivity index (χ3v) is 2.22. The first-order valence-electron chi connectivity index (χ1n) is 5.13. The van der Waals surface area contributed by atoms with Crippen molar-refractivity contribution >= 4 is 22.6 Å². The van der Waals surface area contributed by atoms with Crippen LogP contribution >= 0.6 is 0 Å². The van der Waals surface area contributed by atoms with Crippen molar-refractivity contribution in [3.05, 3.63) is 36.0 Å². The monoisotopic (exact) mass is 232 g/mol. The molecule has 0 amide bonds. The molecule has 88 valence electrons. The molecule has 0 atom stereocenters. The lowest BCUT2D eigenvalue weighted by Crippen LogP contribution is -2.11. The maximum atomic E-state index is 10.3. The fourth-order valence-corrected chi connectivity index (χ4v) is 1.57. The van der Waals surface area contributed by atoms with E-state index in [0.717, 1.165) is 16.6 Å². The molecule has 0 saturated heterocycles. The number of benzene rings is 1. The third-order valence-electron chi connectivity index (χ3n) is 2.22. The summed E-state index contributed by atoms with van der Waals surface area (Å²) >= 11 is 0. The zero-order chi connectivity index (χ0) is 12.3. The summed E-state index contributed by atoms with van der Waals surface area (Å²) in [4.78, 5) is 19.6. The van der Waals surface area contributed by atoms with E-state index in [9.17, 15) is 4.79 Å². The quantitative estimate of drug-likeness (QED) is 0.788. The number of aliphatic carboxylic acids is 1. The van der Waals surface area contributed by atoms with Crippen LogP contribution < -0.4 is 5.48 Å². The van der Waals surface area contributed by atoms with Crippen molar-refractivity contribution in [2.24, 2.45) is 0 Å². The van der Waals surface area contributed by atoms with E-state index in [1.165, 1.54) is 0 Å². The molecule has 0 spiro atoms. The largest absolute Gasteiger partial charge is 0.479 e. The number of hydrogen-bond acceptors (Lipinski definition) is 4. The van der Waals surface area contributed by atoms with Crippen LogP contribution in [0.3, 0.4) is 0 Å². The second-order valence-electron chi connectivity index (χ2n) is 3.61. The number of rotatable bonds is 4. The Morgan fingerprint density at radius 2 is 2.24 bits per heavy atom. The topological polar surface area (TPSA) is 71.5 Å². The average Bonchev–Trinajstić information content (AvgIpc) is 2.28. The standard InChI is InChI=1S/C12H12N2O3/c1-8-6-11(14-17-7-12(15)16)9-4-2-3-5-10(9)13-8/h2-6H,7H2,1H3,(H,13,14)(H,15,16). The van der Waals surface area contributed by atoms with Crippen LogP contribution in [0.1, 0.15) is 5.69 Å². The first-order valence-corrected chi connectivity index (χ1v) is 5.13. The molecule has 0 unspecified atom stereocenters. The lowest BCUT2D eigenvalue weighted by Gasteiger charge is -2.09. The van der Waals surface area contributed by atoms with Crippen LogP contribution in [-0.4, -0.2) is 22.7 Å². The lowest BCUT2D eigenvalue weighted by atomic mass is 10.2. The summed E-state index contributed by atoms with van der Waals surface area (Å²) in [6, 6.07) is 9.39. The molecule has 5 heteroatoms. The predicted molar refractivity (Wildman–Crippen MR) is 63.7 cm³/mol. The molecule has 0 bridgehead atoms. The van der Waals surface area contributed by atoms with E-state index in [4.69, 9.17) is 9.94 Å². The number of carboxylic acid groups (broad SMARTS) is 1. The third kappa shape index (κ3) is 2.70. The normalized spacial score (nSPS) is 10.4. The minimum Gasteiger partial charge on any atom is -0.479 e. The molecular weight excluding hydrogens is 220 g/mol. The number of carboxylic acids is 1. The number of hydrogen-bond donors (Lipinski definition) is 2. The van der Waals surface area contributed by atoms with Crippen molar-refractivity contribution in [1.29, 1.82) is 0 Å². The summed E-state index contributed by atoms with van der Waals surface area (Å²) in [6.07, 6.45) is 0. The minimum absolute atomic E-state index is 0.393. The molecule has 0 aliphatic carbocycles. The highest BCUT2D eigenvalue weighted by atomic mass is 16.7. The van der Waals surface area contributed by atoms with Crippen molar-refractivity contribution in [2.75, 3.05) is 12.1 Å². The van der Waals surface area contributed by atoms with Crippen molar-refractivity contribution in [3.63, 3.8) is 0 Å². The van der Waals surface area contributed by atoms with Gasteiger partial charge in [0.25, 0.3) is 0 Å². The van der Waals surface area contributed by atoms with Crippen molar-refractivity contribution in [3.8, 4) is 0 Å². The summed E-state index contributed by atoms with van der Waals surface area (Å²) in [5, 5.41) is 9.37. The van der Waals surface area contributed by atoms with Crippen LogP contribution in [0.2, 0.25) is 0 Å². The SMILES string of the molecule is Cc1cc(NOCC(=O)O)c2ccccc2n1. The van der Waals surface area contributed by atoms with Crippen LogP contribution in [0.4, 0.5) is 5.69 Å². The van der Waals surface area contributed by atoms with Gasteiger partial charge in [-0.15, -0.1) is 0 Å². The zero-order valence-corrected chi connectivity index (χ0v) is 9.30. The predicted octanol–water partition coefficient (Wildman–Crippen LogP) is 1.97. The van der Waals surface area contributed by atoms with Crippen molar-refractivity contribution in [2.45, 2.75) is 6.92 Å². The van der Waals surface area contributed by atoms with Gasteiger partial charge in [-0.3, -0.25) is 15.3 Å². The molecule has 1 aromatic heterocycles. The first kappa shape index (κ1) is 11.3. The molecule has 1 aromatic carbocycles. The molecule has 2 aromatic rings. The minimum atomic E-state index is -1.02. The van der Waals surface area contributed by atoms with Crippen LogP contribution in [-0.2, 0) is 9.63 Å². The van der Waals surface area contributed by atoms with Crippen LogP contribution in [0.25, 0.3) is 10.9 Å². The van der Waals surface area contributed by atoms with Gasteiger partial charge in [0, 0.05) is 11.1 Å². The second-order valence-corrected chi connectivity index (χ2v) is 3.61. The first-order chi connectivity index (χ1) is 8.16. The molecule has 0 fully saturated rings. The van der Waals surface area contributed by atoms with E-state index in [2.05, 4.69) is 10.5 Å². The summed E-state index contributed by atoms with van der Waals surface area (Å²) in [7, 11) is 0. The van der Waals surface area contributed by atoms with Crippen molar-refractivity contribution < 1.29 is 14.7 Å². The molecule has 5 nitrogen and oxygen atoms in total. The Bertz CT molecular complexity index is 554. The van der Waals surface area contributed by atoms with E-state index in [1.807, 2.05) is 37.3 Å². The molecule has 0 aliphatic heterocycles. The average molecular weight is 232 g/mol. The molecular formula is C12H12N2O3. The number of pyridine rings is 1. The Labute approximate surface area is 98.0 Å². The Morgan fingerprint density at radius 3 is 3.00 bits per heavy atom. The highest BCUT2D eigenvalue weighted by molar-refractivity contribution is 5.91. The molecule has 0 saturated carbocycles. The van der Waals surface area contributed by atoms with E-state index in [-0.39, 0.29) is 0 Å². The maximum absolute atomic E-state index is 10.3. The fraction of sp³-hybridized carbons (Fsp3) is 0.167. The molecule has 0 radical (unpaired) electrons. The van der Waals surface area contributed by atoms with Crippen molar-refractivity contribution in [1.82, 2.24) is 4.98 Å². The number of carbonyl (C=O) groups is 1. The molecule has 17 heavy (non-hydrogen) atoms. The van der Waals surface area contributed by atoms with E-state index < -0.39 is 12.6 Å². The Kier molecular flexibility index (Phi) is 3.20. The smallest absolute Gasteiger partial charge is 0.332 e. The Balaban J connectivity index is 2.29. The number of aromatic nitrogens is 1. The van der Waals surface area contributed by atoms with E-state index in [1.54, 1.807) is 0 Å². The fourth-order valence-electron chi connectivity index (χ4n) is 1.57. The van der Waals surface area contributed by atoms with Gasteiger partial charge >= 0.3 is 5.97 Å². The number of fused-ring (bicyclic) bond motifs is 1. The second kappa shape index (κ2) is 4.80. The number of nitrogens with zero attached hydrogens (tertiary/aromatic N) is 1. The van der Waals surface area contributed by atoms with Gasteiger partial charge in [0.05, 0.1) is 11.2 Å². The van der Waals surface area contributed by atoms with Gasteiger partial charge in [-0.25, -0.2) is 4.79 Å². The number of anilines is 1. The van der Waals surface area contributed by atoms with E-state index in [0.29, 0.717) is 5.69 Å². The number of para-hydroxylation sites is 1. The van der Waals surface area contributed by atoms with Crippen LogP contribution in [0.15, 0.2) is 30.3 Å². The summed E-state index contributed by atoms with van der Waals surface area (Å²) in [5.41, 5.74) is 5.04. The summed E-state index contributed by atoms with van der Waals surface area (Å²) in [6.45, 7) is 1.48. The number of nitrogens with one attached hydrogen (secondary N) is 1. The highest BCUT2D eigenvalue weighted by Crippen LogP contribution is 2.22. The molecule has 2 rings (SSSR count). The van der Waals surface area contributed by atoms with E-state index >= 15 is 0 Å². The summed E-state index contributed by atoms with van der Waals surface area (Å²) < 4.78 is 0. The lowest BCUT2D eigenvalue weighted by molar-refractivity contribution is -0.141. The van der Waals surface area contributed by atoms with Crippen LogP contribution in [0.5, 0.6) is 0 Å². The van der Waals surface area contributed by atoms with Gasteiger partial charge in [0.15, 0.2) is 6.61 Å². The van der Waals surface area contributed by atoms with Gasteiger partial charge in [0.2, 0.25) is 0 Å². The van der Waals surface area contributed by atoms with Gasteiger partial charge in [-0.2, -0.15) is 0 Å². The molecule has 0 aliphatic rings. The summed E-state index contributed by atoms with van der Waals surface area (Å²) in [5.74, 6) is -1.02. The van der Waals surface area contributed by atoms with Crippen LogP contribution in [0, 0.1) is 6.92 Å². The molecule has 2 N–H and O–H groups in total. The molecule has 1 heterocycles.